The Kier molecular flexibility index (Phi) is 7.86. The van der Waals surface area contributed by atoms with Gasteiger partial charge in [0.1, 0.15) is 35.3 Å². The second-order valence-electron chi connectivity index (χ2n) is 9.81. The van der Waals surface area contributed by atoms with Gasteiger partial charge < -0.3 is 29.1 Å². The number of ether oxygens (including phenoxy) is 3. The molecule has 2 aliphatic rings. The number of hydrogen-bond acceptors (Lipinski definition) is 6. The molecule has 2 fully saturated rings. The summed E-state index contributed by atoms with van der Waals surface area (Å²) in [5.41, 5.74) is 1.51. The Bertz CT molecular complexity index is 1220. The molecule has 2 atom stereocenters. The number of anilines is 2. The largest absolute Gasteiger partial charge is 0.497 e. The zero-order valence-electron chi connectivity index (χ0n) is 21.5. The van der Waals surface area contributed by atoms with Gasteiger partial charge in [-0.3, -0.25) is 4.79 Å². The van der Waals surface area contributed by atoms with E-state index in [9.17, 15) is 14.3 Å². The Morgan fingerprint density at radius 2 is 1.58 bits per heavy atom. The molecule has 2 heterocycles. The summed E-state index contributed by atoms with van der Waals surface area (Å²) in [6.07, 6.45) is 2.22. The predicted molar refractivity (Wildman–Crippen MR) is 144 cm³/mol. The van der Waals surface area contributed by atoms with Crippen molar-refractivity contribution in [2.45, 2.75) is 43.9 Å². The number of methoxy groups -OCH3 is 1. The topological polar surface area (TPSA) is 71.5 Å². The van der Waals surface area contributed by atoms with Crippen LogP contribution in [-0.2, 0) is 4.79 Å². The first kappa shape index (κ1) is 25.7. The molecule has 0 spiro atoms. The summed E-state index contributed by atoms with van der Waals surface area (Å²) >= 11 is 0. The Hall–Kier alpha value is -3.94. The molecular formula is C30H33FN2O5. The molecule has 0 aliphatic carbocycles. The van der Waals surface area contributed by atoms with Gasteiger partial charge in [0.2, 0.25) is 0 Å². The van der Waals surface area contributed by atoms with E-state index in [-0.39, 0.29) is 30.5 Å². The molecule has 2 aliphatic heterocycles. The van der Waals surface area contributed by atoms with E-state index in [1.165, 1.54) is 6.07 Å². The summed E-state index contributed by atoms with van der Waals surface area (Å²) in [6, 6.07) is 22.1. The van der Waals surface area contributed by atoms with Crippen molar-refractivity contribution in [2.24, 2.45) is 0 Å². The normalized spacial score (nSPS) is 19.8. The molecule has 0 saturated carbocycles. The first-order valence-corrected chi connectivity index (χ1v) is 13.0. The van der Waals surface area contributed by atoms with Crippen LogP contribution >= 0.6 is 0 Å². The summed E-state index contributed by atoms with van der Waals surface area (Å²) in [4.78, 5) is 15.7. The van der Waals surface area contributed by atoms with Crippen LogP contribution in [0.25, 0.3) is 0 Å². The average molecular weight is 521 g/mol. The maximum absolute atomic E-state index is 14.4. The van der Waals surface area contributed by atoms with E-state index in [4.69, 9.17) is 14.2 Å². The van der Waals surface area contributed by atoms with Gasteiger partial charge in [-0.15, -0.1) is 0 Å². The molecule has 2 unspecified atom stereocenters. The fourth-order valence-electron chi connectivity index (χ4n) is 5.35. The van der Waals surface area contributed by atoms with Crippen LogP contribution in [-0.4, -0.2) is 56.1 Å². The summed E-state index contributed by atoms with van der Waals surface area (Å²) in [5.74, 6) is 1.13. The molecule has 0 radical (unpaired) electrons. The highest BCUT2D eigenvalue weighted by atomic mass is 19.1. The number of benzene rings is 3. The van der Waals surface area contributed by atoms with Gasteiger partial charge in [-0.25, -0.2) is 4.39 Å². The number of piperidine rings is 1. The van der Waals surface area contributed by atoms with E-state index in [1.54, 1.807) is 19.2 Å². The monoisotopic (exact) mass is 520 g/mol. The van der Waals surface area contributed by atoms with Crippen molar-refractivity contribution in [3.8, 4) is 17.2 Å². The van der Waals surface area contributed by atoms with E-state index in [0.29, 0.717) is 37.5 Å². The SMILES string of the molecule is COc1ccc(F)c(N2CCC(Oc3ccc(N4CC(Oc5ccccc5)CC4CC(=O)O)cc3)CC2)c1. The number of rotatable bonds is 9. The molecule has 0 amide bonds. The summed E-state index contributed by atoms with van der Waals surface area (Å²) < 4.78 is 32.0. The lowest BCUT2D eigenvalue weighted by Gasteiger charge is -2.34. The smallest absolute Gasteiger partial charge is 0.305 e. The molecular weight excluding hydrogens is 487 g/mol. The van der Waals surface area contributed by atoms with Gasteiger partial charge in [0, 0.05) is 50.1 Å². The van der Waals surface area contributed by atoms with E-state index in [2.05, 4.69) is 4.90 Å². The first-order chi connectivity index (χ1) is 18.5. The quantitative estimate of drug-likeness (QED) is 0.406. The van der Waals surface area contributed by atoms with Crippen LogP contribution in [0.5, 0.6) is 17.2 Å². The number of halogens is 1. The maximum Gasteiger partial charge on any atom is 0.305 e. The van der Waals surface area contributed by atoms with Crippen LogP contribution < -0.4 is 24.0 Å². The highest BCUT2D eigenvalue weighted by Crippen LogP contribution is 2.32. The molecule has 0 aromatic heterocycles. The molecule has 2 saturated heterocycles. The minimum absolute atomic E-state index is 0.0426. The molecule has 8 heteroatoms. The minimum Gasteiger partial charge on any atom is -0.497 e. The number of carboxylic acids is 1. The van der Waals surface area contributed by atoms with E-state index >= 15 is 0 Å². The number of carbonyl (C=O) groups is 1. The molecule has 5 rings (SSSR count). The number of para-hydroxylation sites is 1. The summed E-state index contributed by atoms with van der Waals surface area (Å²) in [5, 5.41) is 9.46. The lowest BCUT2D eigenvalue weighted by Crippen LogP contribution is -2.38. The average Bonchev–Trinajstić information content (AvgIpc) is 3.31. The van der Waals surface area contributed by atoms with Crippen LogP contribution in [0.2, 0.25) is 0 Å². The van der Waals surface area contributed by atoms with Crippen molar-refractivity contribution in [3.63, 3.8) is 0 Å². The Morgan fingerprint density at radius 3 is 2.26 bits per heavy atom. The van der Waals surface area contributed by atoms with Crippen molar-refractivity contribution in [1.29, 1.82) is 0 Å². The molecule has 7 nitrogen and oxygen atoms in total. The maximum atomic E-state index is 14.4. The fourth-order valence-corrected chi connectivity index (χ4v) is 5.35. The van der Waals surface area contributed by atoms with Crippen LogP contribution in [0.4, 0.5) is 15.8 Å². The van der Waals surface area contributed by atoms with Crippen molar-refractivity contribution < 1.29 is 28.5 Å². The molecule has 200 valence electrons. The zero-order chi connectivity index (χ0) is 26.5. The van der Waals surface area contributed by atoms with Crippen molar-refractivity contribution in [3.05, 3.63) is 78.6 Å². The highest BCUT2D eigenvalue weighted by Gasteiger charge is 2.35. The van der Waals surface area contributed by atoms with E-state index < -0.39 is 5.97 Å². The number of carboxylic acid groups (broad SMARTS) is 1. The lowest BCUT2D eigenvalue weighted by molar-refractivity contribution is -0.137. The van der Waals surface area contributed by atoms with Crippen LogP contribution in [0, 0.1) is 5.82 Å². The number of aliphatic carboxylic acids is 1. The lowest BCUT2D eigenvalue weighted by atomic mass is 10.1. The third kappa shape index (κ3) is 6.13. The molecule has 3 aromatic rings. The molecule has 3 aromatic carbocycles. The highest BCUT2D eigenvalue weighted by molar-refractivity contribution is 5.69. The minimum atomic E-state index is -0.819. The second kappa shape index (κ2) is 11.6. The third-order valence-corrected chi connectivity index (χ3v) is 7.24. The number of nitrogens with zero attached hydrogens (tertiary/aromatic N) is 2. The predicted octanol–water partition coefficient (Wildman–Crippen LogP) is 5.38. The van der Waals surface area contributed by atoms with Crippen LogP contribution in [0.1, 0.15) is 25.7 Å². The van der Waals surface area contributed by atoms with Crippen molar-refractivity contribution in [1.82, 2.24) is 0 Å². The number of hydrogen-bond donors (Lipinski definition) is 1. The van der Waals surface area contributed by atoms with Gasteiger partial charge in [0.15, 0.2) is 0 Å². The fraction of sp³-hybridized carbons (Fsp3) is 0.367. The first-order valence-electron chi connectivity index (χ1n) is 13.0. The van der Waals surface area contributed by atoms with E-state index in [0.717, 1.165) is 30.0 Å². The van der Waals surface area contributed by atoms with Gasteiger partial charge >= 0.3 is 5.97 Å². The van der Waals surface area contributed by atoms with Gasteiger partial charge in [-0.2, -0.15) is 0 Å². The zero-order valence-corrected chi connectivity index (χ0v) is 21.5. The van der Waals surface area contributed by atoms with Crippen molar-refractivity contribution in [2.75, 3.05) is 36.5 Å². The summed E-state index contributed by atoms with van der Waals surface area (Å²) in [7, 11) is 1.58. The van der Waals surface area contributed by atoms with E-state index in [1.807, 2.05) is 59.5 Å². The standard InChI is InChI=1S/C30H33FN2O5/c1-36-26-11-12-28(31)29(19-26)32-15-13-25(14-16-32)37-24-9-7-21(8-10-24)33-20-27(17-22(33)18-30(34)35)38-23-5-3-2-4-6-23/h2-12,19,22,25,27H,13-18,20H2,1H3,(H,34,35). The third-order valence-electron chi connectivity index (χ3n) is 7.24. The molecule has 38 heavy (non-hydrogen) atoms. The Morgan fingerprint density at radius 1 is 0.921 bits per heavy atom. The van der Waals surface area contributed by atoms with Crippen molar-refractivity contribution >= 4 is 17.3 Å². The van der Waals surface area contributed by atoms with Gasteiger partial charge in [-0.1, -0.05) is 18.2 Å². The molecule has 1 N–H and O–H groups in total. The molecule has 0 bridgehead atoms. The van der Waals surface area contributed by atoms with Gasteiger partial charge in [0.05, 0.1) is 25.8 Å². The van der Waals surface area contributed by atoms with Crippen LogP contribution in [0.3, 0.4) is 0 Å². The summed E-state index contributed by atoms with van der Waals surface area (Å²) in [6.45, 7) is 2.01. The Labute approximate surface area is 222 Å². The van der Waals surface area contributed by atoms with Crippen LogP contribution in [0.15, 0.2) is 72.8 Å². The van der Waals surface area contributed by atoms with Gasteiger partial charge in [-0.05, 0) is 48.5 Å². The second-order valence-corrected chi connectivity index (χ2v) is 9.81. The van der Waals surface area contributed by atoms with Gasteiger partial charge in [0.25, 0.3) is 0 Å². The Balaban J connectivity index is 1.18.